The molecule has 1 aliphatic heterocycles. The van der Waals surface area contributed by atoms with Crippen LogP contribution in [0.5, 0.6) is 0 Å². The summed E-state index contributed by atoms with van der Waals surface area (Å²) in [5, 5.41) is 3.25. The minimum absolute atomic E-state index is 0.187. The summed E-state index contributed by atoms with van der Waals surface area (Å²) < 4.78 is 5.94. The lowest BCUT2D eigenvalue weighted by atomic mass is 9.65. The van der Waals surface area contributed by atoms with Crippen LogP contribution < -0.4 is 11.1 Å². The molecule has 2 bridgehead atoms. The van der Waals surface area contributed by atoms with Gasteiger partial charge in [-0.25, -0.2) is 0 Å². The van der Waals surface area contributed by atoms with E-state index in [0.29, 0.717) is 35.8 Å². The van der Waals surface area contributed by atoms with Gasteiger partial charge in [-0.05, 0) is 56.3 Å². The summed E-state index contributed by atoms with van der Waals surface area (Å²) in [5.41, 5.74) is 6.34. The number of nitrogens with one attached hydrogen (secondary N) is 1. The number of hydrogen-bond donors (Lipinski definition) is 2. The van der Waals surface area contributed by atoms with Gasteiger partial charge in [-0.2, -0.15) is 0 Å². The lowest BCUT2D eigenvalue weighted by Gasteiger charge is -2.43. The summed E-state index contributed by atoms with van der Waals surface area (Å²) in [6.07, 6.45) is 8.31. The molecule has 4 heteroatoms. The third kappa shape index (κ3) is 3.90. The Morgan fingerprint density at radius 3 is 2.52 bits per heavy atom. The fourth-order valence-corrected chi connectivity index (χ4v) is 5.20. The summed E-state index contributed by atoms with van der Waals surface area (Å²) in [6.45, 7) is 6.08. The Hall–Kier alpha value is -0.610. The molecule has 1 heterocycles. The lowest BCUT2D eigenvalue weighted by molar-refractivity contribution is -0.128. The van der Waals surface area contributed by atoms with E-state index in [1.54, 1.807) is 0 Å². The highest BCUT2D eigenvalue weighted by atomic mass is 16.5. The van der Waals surface area contributed by atoms with Crippen molar-refractivity contribution in [2.45, 2.75) is 70.9 Å². The zero-order chi connectivity index (χ0) is 16.4. The molecule has 0 aromatic carbocycles. The predicted molar refractivity (Wildman–Crippen MR) is 91.8 cm³/mol. The highest BCUT2D eigenvalue weighted by molar-refractivity contribution is 5.78. The molecule has 3 rings (SSSR count). The fourth-order valence-electron chi connectivity index (χ4n) is 5.20. The largest absolute Gasteiger partial charge is 0.378 e. The van der Waals surface area contributed by atoms with Gasteiger partial charge in [-0.3, -0.25) is 4.79 Å². The van der Waals surface area contributed by atoms with Crippen LogP contribution >= 0.6 is 0 Å². The Labute approximate surface area is 140 Å². The second-order valence-electron chi connectivity index (χ2n) is 8.42. The monoisotopic (exact) mass is 322 g/mol. The van der Waals surface area contributed by atoms with E-state index >= 15 is 0 Å². The van der Waals surface area contributed by atoms with Gasteiger partial charge in [0, 0.05) is 31.0 Å². The molecule has 0 aromatic rings. The van der Waals surface area contributed by atoms with Gasteiger partial charge in [0.1, 0.15) is 0 Å². The van der Waals surface area contributed by atoms with E-state index in [4.69, 9.17) is 10.5 Å². The van der Waals surface area contributed by atoms with Crippen LogP contribution in [0.1, 0.15) is 58.8 Å². The number of ether oxygens (including phenoxy) is 1. The minimum Gasteiger partial charge on any atom is -0.378 e. The van der Waals surface area contributed by atoms with Crippen molar-refractivity contribution < 1.29 is 9.53 Å². The molecule has 3 N–H and O–H groups in total. The van der Waals surface area contributed by atoms with Crippen LogP contribution in [0.15, 0.2) is 0 Å². The molecule has 0 radical (unpaired) electrons. The Balaban J connectivity index is 1.51. The summed E-state index contributed by atoms with van der Waals surface area (Å²) in [6, 6.07) is 0.338. The molecule has 1 amide bonds. The zero-order valence-electron chi connectivity index (χ0n) is 14.8. The van der Waals surface area contributed by atoms with Gasteiger partial charge < -0.3 is 15.8 Å². The van der Waals surface area contributed by atoms with Crippen LogP contribution in [-0.2, 0) is 9.53 Å². The number of carbonyl (C=O) groups is 1. The van der Waals surface area contributed by atoms with Gasteiger partial charge >= 0.3 is 0 Å². The van der Waals surface area contributed by atoms with Crippen molar-refractivity contribution in [3.8, 4) is 0 Å². The van der Waals surface area contributed by atoms with Crippen molar-refractivity contribution in [3.05, 3.63) is 0 Å². The summed E-state index contributed by atoms with van der Waals surface area (Å²) in [4.78, 5) is 12.7. The minimum atomic E-state index is 0.187. The van der Waals surface area contributed by atoms with Gasteiger partial charge in [0.15, 0.2) is 0 Å². The van der Waals surface area contributed by atoms with E-state index in [2.05, 4.69) is 19.2 Å². The van der Waals surface area contributed by atoms with E-state index in [-0.39, 0.29) is 11.8 Å². The average Bonchev–Trinajstić information content (AvgIpc) is 2.52. The topological polar surface area (TPSA) is 64.3 Å². The molecule has 2 saturated carbocycles. The average molecular weight is 322 g/mol. The first kappa shape index (κ1) is 17.2. The molecule has 0 spiro atoms. The lowest BCUT2D eigenvalue weighted by Crippen LogP contribution is -2.50. The third-order valence-electron chi connectivity index (χ3n) is 6.47. The van der Waals surface area contributed by atoms with E-state index in [9.17, 15) is 4.79 Å². The predicted octanol–water partition coefficient (Wildman–Crippen LogP) is 2.71. The Morgan fingerprint density at radius 1 is 1.17 bits per heavy atom. The molecule has 1 saturated heterocycles. The van der Waals surface area contributed by atoms with Crippen molar-refractivity contribution in [2.24, 2.45) is 35.3 Å². The number of rotatable bonds is 4. The molecule has 132 valence electrons. The van der Waals surface area contributed by atoms with E-state index < -0.39 is 0 Å². The summed E-state index contributed by atoms with van der Waals surface area (Å²) >= 11 is 0. The van der Waals surface area contributed by atoms with E-state index in [0.717, 1.165) is 32.4 Å². The van der Waals surface area contributed by atoms with Gasteiger partial charge in [-0.1, -0.05) is 20.3 Å². The van der Waals surface area contributed by atoms with Crippen LogP contribution in [0, 0.1) is 29.6 Å². The molecule has 4 nitrogen and oxygen atoms in total. The molecular formula is C19H34N2O2. The second-order valence-corrected chi connectivity index (χ2v) is 8.42. The second kappa shape index (κ2) is 7.52. The maximum absolute atomic E-state index is 12.7. The number of carbonyl (C=O) groups excluding carboxylic acids is 1. The molecule has 3 aliphatic rings. The van der Waals surface area contributed by atoms with Crippen LogP contribution in [0.2, 0.25) is 0 Å². The Kier molecular flexibility index (Phi) is 5.63. The van der Waals surface area contributed by atoms with Crippen molar-refractivity contribution in [1.29, 1.82) is 0 Å². The molecular weight excluding hydrogens is 288 g/mol. The SMILES string of the molecule is CC(C)C1OCCCC1CNC(=O)C1CC2CCCC(C1)C2N. The Bertz CT molecular complexity index is 398. The molecule has 2 aliphatic carbocycles. The van der Waals surface area contributed by atoms with Crippen molar-refractivity contribution in [3.63, 3.8) is 0 Å². The fraction of sp³-hybridized carbons (Fsp3) is 0.947. The first-order valence-corrected chi connectivity index (χ1v) is 9.71. The first-order valence-electron chi connectivity index (χ1n) is 9.71. The maximum Gasteiger partial charge on any atom is 0.223 e. The number of hydrogen-bond acceptors (Lipinski definition) is 3. The molecule has 0 aromatic heterocycles. The van der Waals surface area contributed by atoms with E-state index in [1.165, 1.54) is 25.7 Å². The van der Waals surface area contributed by atoms with E-state index in [1.807, 2.05) is 0 Å². The van der Waals surface area contributed by atoms with Crippen LogP contribution in [0.3, 0.4) is 0 Å². The van der Waals surface area contributed by atoms with Crippen LogP contribution in [-0.4, -0.2) is 31.2 Å². The highest BCUT2D eigenvalue weighted by Crippen LogP contribution is 2.41. The van der Waals surface area contributed by atoms with Crippen molar-refractivity contribution >= 4 is 5.91 Å². The highest BCUT2D eigenvalue weighted by Gasteiger charge is 2.40. The van der Waals surface area contributed by atoms with Gasteiger partial charge in [-0.15, -0.1) is 0 Å². The quantitative estimate of drug-likeness (QED) is 0.836. The molecule has 3 fully saturated rings. The van der Waals surface area contributed by atoms with Crippen molar-refractivity contribution in [1.82, 2.24) is 5.32 Å². The Morgan fingerprint density at radius 2 is 1.87 bits per heavy atom. The van der Waals surface area contributed by atoms with Gasteiger partial charge in [0.2, 0.25) is 5.91 Å². The van der Waals surface area contributed by atoms with Gasteiger partial charge in [0.05, 0.1) is 6.10 Å². The molecule has 4 unspecified atom stereocenters. The summed E-state index contributed by atoms with van der Waals surface area (Å²) in [5.74, 6) is 2.58. The van der Waals surface area contributed by atoms with Gasteiger partial charge in [0.25, 0.3) is 0 Å². The first-order chi connectivity index (χ1) is 11.1. The molecule has 23 heavy (non-hydrogen) atoms. The maximum atomic E-state index is 12.7. The molecule has 4 atom stereocenters. The number of fused-ring (bicyclic) bond motifs is 2. The number of amides is 1. The zero-order valence-corrected chi connectivity index (χ0v) is 14.8. The smallest absolute Gasteiger partial charge is 0.223 e. The summed E-state index contributed by atoms with van der Waals surface area (Å²) in [7, 11) is 0. The standard InChI is InChI=1S/C19H34N2O2/c1-12(2)18-15(7-4-8-23-18)11-21-19(22)16-9-13-5-3-6-14(10-16)17(13)20/h12-18H,3-11,20H2,1-2H3,(H,21,22). The normalized spacial score (nSPS) is 40.9. The van der Waals surface area contributed by atoms with Crippen LogP contribution in [0.4, 0.5) is 0 Å². The van der Waals surface area contributed by atoms with Crippen LogP contribution in [0.25, 0.3) is 0 Å². The third-order valence-corrected chi connectivity index (χ3v) is 6.47. The van der Waals surface area contributed by atoms with Crippen molar-refractivity contribution in [2.75, 3.05) is 13.2 Å². The number of nitrogens with two attached hydrogens (primary N) is 1.